The van der Waals surface area contributed by atoms with Gasteiger partial charge in [-0.3, -0.25) is 4.79 Å². The molecule has 3 nitrogen and oxygen atoms in total. The van der Waals surface area contributed by atoms with Crippen molar-refractivity contribution in [2.45, 2.75) is 0 Å². The van der Waals surface area contributed by atoms with Gasteiger partial charge < -0.3 is 9.84 Å². The molecule has 0 spiro atoms. The van der Waals surface area contributed by atoms with Crippen molar-refractivity contribution in [1.29, 1.82) is 0 Å². The van der Waals surface area contributed by atoms with Gasteiger partial charge in [-0.05, 0) is 24.3 Å². The molecule has 0 unspecified atom stereocenters. The summed E-state index contributed by atoms with van der Waals surface area (Å²) in [5, 5.41) is 9.82. The van der Waals surface area contributed by atoms with Crippen molar-refractivity contribution in [1.82, 2.24) is 0 Å². The van der Waals surface area contributed by atoms with E-state index in [0.717, 1.165) is 12.1 Å². The molecule has 5 heteroatoms. The molecule has 0 aliphatic heterocycles. The zero-order chi connectivity index (χ0) is 14.0. The minimum Gasteiger partial charge on any atom is -0.504 e. The second kappa shape index (κ2) is 5.06. The Kier molecular flexibility index (Phi) is 3.46. The summed E-state index contributed by atoms with van der Waals surface area (Å²) in [6.45, 7) is 0. The molecule has 0 atom stereocenters. The summed E-state index contributed by atoms with van der Waals surface area (Å²) in [5.41, 5.74) is -0.590. The third kappa shape index (κ3) is 2.27. The molecule has 2 rings (SSSR count). The molecule has 98 valence electrons. The van der Waals surface area contributed by atoms with E-state index < -0.39 is 28.7 Å². The SMILES string of the molecule is COc1cccc(C(=O)c2cccc(F)c2F)c1O. The van der Waals surface area contributed by atoms with Gasteiger partial charge in [0.1, 0.15) is 0 Å². The van der Waals surface area contributed by atoms with E-state index in [1.807, 2.05) is 0 Å². The molecule has 0 saturated carbocycles. The average molecular weight is 264 g/mol. The van der Waals surface area contributed by atoms with Crippen molar-refractivity contribution < 1.29 is 23.4 Å². The molecule has 1 N–H and O–H groups in total. The molecule has 0 bridgehead atoms. The van der Waals surface area contributed by atoms with Gasteiger partial charge >= 0.3 is 0 Å². The molecule has 2 aromatic rings. The summed E-state index contributed by atoms with van der Waals surface area (Å²) in [6, 6.07) is 7.53. The van der Waals surface area contributed by atoms with Crippen molar-refractivity contribution in [2.24, 2.45) is 0 Å². The van der Waals surface area contributed by atoms with Crippen LogP contribution in [-0.2, 0) is 0 Å². The summed E-state index contributed by atoms with van der Waals surface area (Å²) >= 11 is 0. The Morgan fingerprint density at radius 2 is 1.74 bits per heavy atom. The molecule has 0 aliphatic rings. The minimum atomic E-state index is -1.24. The predicted molar refractivity (Wildman–Crippen MR) is 64.4 cm³/mol. The van der Waals surface area contributed by atoms with Crippen LogP contribution in [0.25, 0.3) is 0 Å². The number of ketones is 1. The number of ether oxygens (including phenoxy) is 1. The van der Waals surface area contributed by atoms with Crippen LogP contribution in [-0.4, -0.2) is 18.0 Å². The van der Waals surface area contributed by atoms with Crippen LogP contribution < -0.4 is 4.74 Å². The minimum absolute atomic E-state index is 0.0858. The van der Waals surface area contributed by atoms with Crippen LogP contribution in [0.15, 0.2) is 36.4 Å². The Morgan fingerprint density at radius 1 is 1.11 bits per heavy atom. The molecule has 0 aliphatic carbocycles. The number of carbonyl (C=O) groups excluding carboxylic acids is 1. The zero-order valence-electron chi connectivity index (χ0n) is 9.98. The normalized spacial score (nSPS) is 10.3. The van der Waals surface area contributed by atoms with Crippen molar-refractivity contribution >= 4 is 5.78 Å². The molecule has 0 saturated heterocycles. The van der Waals surface area contributed by atoms with Crippen molar-refractivity contribution in [3.63, 3.8) is 0 Å². The van der Waals surface area contributed by atoms with E-state index >= 15 is 0 Å². The lowest BCUT2D eigenvalue weighted by Gasteiger charge is -2.08. The Labute approximate surface area is 108 Å². The molecule has 0 heterocycles. The van der Waals surface area contributed by atoms with Gasteiger partial charge in [0, 0.05) is 0 Å². The first-order valence-corrected chi connectivity index (χ1v) is 5.41. The van der Waals surface area contributed by atoms with E-state index in [2.05, 4.69) is 0 Å². The fourth-order valence-electron chi connectivity index (χ4n) is 1.69. The largest absolute Gasteiger partial charge is 0.504 e. The summed E-state index contributed by atoms with van der Waals surface area (Å²) < 4.78 is 31.5. The molecular weight excluding hydrogens is 254 g/mol. The van der Waals surface area contributed by atoms with Crippen molar-refractivity contribution in [3.05, 3.63) is 59.2 Å². The smallest absolute Gasteiger partial charge is 0.199 e. The van der Waals surface area contributed by atoms with E-state index in [1.165, 1.54) is 31.4 Å². The third-order valence-electron chi connectivity index (χ3n) is 2.66. The van der Waals surface area contributed by atoms with E-state index in [4.69, 9.17) is 4.74 Å². The van der Waals surface area contributed by atoms with Gasteiger partial charge in [0.2, 0.25) is 0 Å². The Hall–Kier alpha value is -2.43. The lowest BCUT2D eigenvalue weighted by Crippen LogP contribution is -2.06. The number of hydrogen-bond donors (Lipinski definition) is 1. The van der Waals surface area contributed by atoms with E-state index in [9.17, 15) is 18.7 Å². The number of methoxy groups -OCH3 is 1. The second-order valence-electron chi connectivity index (χ2n) is 3.79. The first-order valence-electron chi connectivity index (χ1n) is 5.41. The zero-order valence-corrected chi connectivity index (χ0v) is 9.98. The summed E-state index contributed by atoms with van der Waals surface area (Å²) in [7, 11) is 1.33. The summed E-state index contributed by atoms with van der Waals surface area (Å²) in [6.07, 6.45) is 0. The predicted octanol–water partition coefficient (Wildman–Crippen LogP) is 2.91. The number of halogens is 2. The standard InChI is InChI=1S/C14H10F2O3/c1-19-11-7-3-5-9(14(11)18)13(17)8-4-2-6-10(15)12(8)16/h2-7,18H,1H3. The Bertz CT molecular complexity index is 639. The van der Waals surface area contributed by atoms with Crippen LogP contribution in [0.1, 0.15) is 15.9 Å². The Balaban J connectivity index is 2.54. The van der Waals surface area contributed by atoms with Gasteiger partial charge in [-0.25, -0.2) is 8.78 Å². The van der Waals surface area contributed by atoms with Crippen LogP contribution in [0.3, 0.4) is 0 Å². The number of benzene rings is 2. The molecule has 0 aromatic heterocycles. The highest BCUT2D eigenvalue weighted by Gasteiger charge is 2.21. The lowest BCUT2D eigenvalue weighted by atomic mass is 10.0. The number of phenolic OH excluding ortho intramolecular Hbond substituents is 1. The van der Waals surface area contributed by atoms with Crippen LogP contribution in [0, 0.1) is 11.6 Å². The van der Waals surface area contributed by atoms with Gasteiger partial charge in [-0.2, -0.15) is 0 Å². The highest BCUT2D eigenvalue weighted by atomic mass is 19.2. The van der Waals surface area contributed by atoms with Crippen LogP contribution >= 0.6 is 0 Å². The van der Waals surface area contributed by atoms with E-state index in [0.29, 0.717) is 0 Å². The van der Waals surface area contributed by atoms with Crippen LogP contribution in [0.2, 0.25) is 0 Å². The highest BCUT2D eigenvalue weighted by Crippen LogP contribution is 2.31. The summed E-state index contributed by atoms with van der Waals surface area (Å²) in [5.74, 6) is -3.49. The van der Waals surface area contributed by atoms with E-state index in [-0.39, 0.29) is 11.3 Å². The first kappa shape index (κ1) is 13.0. The number of hydrogen-bond acceptors (Lipinski definition) is 3. The van der Waals surface area contributed by atoms with Gasteiger partial charge in [0.05, 0.1) is 18.2 Å². The fraction of sp³-hybridized carbons (Fsp3) is 0.0714. The average Bonchev–Trinajstić information content (AvgIpc) is 2.41. The molecular formula is C14H10F2O3. The topological polar surface area (TPSA) is 46.5 Å². The number of phenols is 1. The van der Waals surface area contributed by atoms with Gasteiger partial charge in [0.25, 0.3) is 0 Å². The highest BCUT2D eigenvalue weighted by molar-refractivity contribution is 6.11. The molecule has 2 aromatic carbocycles. The second-order valence-corrected chi connectivity index (χ2v) is 3.79. The monoisotopic (exact) mass is 264 g/mol. The van der Waals surface area contributed by atoms with Crippen LogP contribution in [0.5, 0.6) is 11.5 Å². The quantitative estimate of drug-likeness (QED) is 0.867. The number of carbonyl (C=O) groups is 1. The van der Waals surface area contributed by atoms with Gasteiger partial charge in [-0.1, -0.05) is 12.1 Å². The molecule has 0 fully saturated rings. The lowest BCUT2D eigenvalue weighted by molar-refractivity contribution is 0.103. The van der Waals surface area contributed by atoms with Crippen LogP contribution in [0.4, 0.5) is 8.78 Å². The maximum atomic E-state index is 13.5. The Morgan fingerprint density at radius 3 is 2.42 bits per heavy atom. The van der Waals surface area contributed by atoms with Crippen molar-refractivity contribution in [3.8, 4) is 11.5 Å². The third-order valence-corrected chi connectivity index (χ3v) is 2.66. The first-order chi connectivity index (χ1) is 9.06. The number of rotatable bonds is 3. The molecule has 19 heavy (non-hydrogen) atoms. The van der Waals surface area contributed by atoms with Crippen molar-refractivity contribution in [2.75, 3.05) is 7.11 Å². The van der Waals surface area contributed by atoms with Gasteiger partial charge in [-0.15, -0.1) is 0 Å². The molecule has 0 amide bonds. The fourth-order valence-corrected chi connectivity index (χ4v) is 1.69. The number of para-hydroxylation sites is 1. The number of aromatic hydroxyl groups is 1. The van der Waals surface area contributed by atoms with E-state index in [1.54, 1.807) is 0 Å². The maximum Gasteiger partial charge on any atom is 0.199 e. The maximum absolute atomic E-state index is 13.5. The molecule has 0 radical (unpaired) electrons. The van der Waals surface area contributed by atoms with Gasteiger partial charge in [0.15, 0.2) is 28.9 Å². The summed E-state index contributed by atoms with van der Waals surface area (Å²) in [4.78, 5) is 12.1.